The van der Waals surface area contributed by atoms with Crippen molar-refractivity contribution in [2.75, 3.05) is 43.6 Å². The zero-order chi connectivity index (χ0) is 95.7. The number of aryl methyl sites for hydroxylation is 3. The van der Waals surface area contributed by atoms with E-state index < -0.39 is 17.9 Å². The molecule has 0 saturated heterocycles. The number of halogens is 4. The lowest BCUT2D eigenvalue weighted by atomic mass is 9.74. The molecule has 0 radical (unpaired) electrons. The minimum absolute atomic E-state index is 0. The lowest BCUT2D eigenvalue weighted by Crippen LogP contribution is -3.00. The van der Waals surface area contributed by atoms with Gasteiger partial charge in [-0.15, -0.1) is 0 Å². The van der Waals surface area contributed by atoms with Crippen LogP contribution in [-0.2, 0) is 15.9 Å². The lowest BCUT2D eigenvalue weighted by molar-refractivity contribution is -0.496. The molecule has 141 heavy (non-hydrogen) atoms. The number of benzene rings is 17. The van der Waals surface area contributed by atoms with Crippen molar-refractivity contribution in [3.8, 4) is 73.1 Å². The Labute approximate surface area is 840 Å². The van der Waals surface area contributed by atoms with Gasteiger partial charge in [-0.25, -0.2) is 24.2 Å². The van der Waals surface area contributed by atoms with Crippen LogP contribution in [0.1, 0.15) is 110 Å². The highest BCUT2D eigenvalue weighted by atomic mass is 35.5. The Hall–Kier alpha value is -16.1. The summed E-state index contributed by atoms with van der Waals surface area (Å²) in [6.07, 6.45) is 9.24. The molecule has 0 bridgehead atoms. The van der Waals surface area contributed by atoms with Crippen molar-refractivity contribution in [2.45, 2.75) is 60.8 Å². The molecule has 0 amide bonds. The number of nitrogens with one attached hydrogen (secondary N) is 2. The second kappa shape index (κ2) is 45.5. The van der Waals surface area contributed by atoms with Crippen LogP contribution in [-0.4, -0.2) is 60.9 Å². The topological polar surface area (TPSA) is 305 Å². The van der Waals surface area contributed by atoms with E-state index >= 15 is 0 Å². The van der Waals surface area contributed by atoms with Crippen molar-refractivity contribution >= 4 is 117 Å². The van der Waals surface area contributed by atoms with E-state index in [-0.39, 0.29) is 73.0 Å². The van der Waals surface area contributed by atoms with Gasteiger partial charge < -0.3 is 104 Å². The molecular formula is C119H103Cl4N6O12-. The second-order valence-corrected chi connectivity index (χ2v) is 33.5. The van der Waals surface area contributed by atoms with Crippen LogP contribution in [0, 0.1) is 19.8 Å². The fourth-order valence-corrected chi connectivity index (χ4v) is 18.6. The summed E-state index contributed by atoms with van der Waals surface area (Å²) in [4.78, 5) is 52.2. The number of nitrogens with two attached hydrogens (primary N) is 4. The Balaban J connectivity index is 0.000000146. The van der Waals surface area contributed by atoms with Crippen LogP contribution in [0.2, 0.25) is 0 Å². The van der Waals surface area contributed by atoms with E-state index in [4.69, 9.17) is 49.7 Å². The van der Waals surface area contributed by atoms with E-state index in [0.717, 1.165) is 142 Å². The Morgan fingerprint density at radius 1 is 0.447 bits per heavy atom. The van der Waals surface area contributed by atoms with Crippen LogP contribution in [0.5, 0.6) is 5.75 Å². The molecule has 14 aromatic rings. The van der Waals surface area contributed by atoms with Gasteiger partial charge >= 0.3 is 23.9 Å². The van der Waals surface area contributed by atoms with E-state index in [1.165, 1.54) is 55.8 Å². The number of nitrogen functional groups attached to an aromatic ring is 2. The third-order valence-corrected chi connectivity index (χ3v) is 24.9. The molecule has 0 aromatic heterocycles. The maximum absolute atomic E-state index is 12.9. The van der Waals surface area contributed by atoms with Crippen LogP contribution in [0.4, 0.5) is 17.1 Å². The lowest BCUT2D eigenvalue weighted by Gasteiger charge is -2.36. The Kier molecular flexibility index (Phi) is 33.0. The first-order chi connectivity index (χ1) is 66.6. The minimum atomic E-state index is -0.983. The number of carboxylic acid groups (broad SMARTS) is 2. The molecule has 0 fully saturated rings. The van der Waals surface area contributed by atoms with Crippen LogP contribution in [0.15, 0.2) is 370 Å². The molecule has 18 nitrogen and oxygen atoms in total. The molecule has 14 aromatic carbocycles. The van der Waals surface area contributed by atoms with Crippen molar-refractivity contribution in [1.29, 1.82) is 0 Å². The van der Waals surface area contributed by atoms with Crippen LogP contribution in [0.3, 0.4) is 0 Å². The standard InChI is InChI=1S/C28H30N2O3.C24H22O3.C21H16N2O3.C20H14N2O3.C20H12.C6H6.4ClH/c1-6-29-23-15-25-21(13-17(23)4)27(19-11-9-10-12-20(19)28(31)32-8-3)22-14-18(5)24(30-7-2)16-26(22)33-25;1-3-15-9-11-19-21(13-15)27-22-14-16(4-2)10-12-20(22)23(19)17-7-5-6-8-18(17)24(25)26;1-25-21(24)15-5-3-2-4-14(15)20-16-8-6-12(22)10-18(16)26-19-11-13(23)7-9-17(19)20;21-11-5-7-15-17(9-11)25-18-10-12(22)6-8-16(18)19(15)13-3-1-2-4-14(13)20(23)24;1-5-13-6-2-11-17-18-12-4-8-14-7-3-10-16(20(14)18)15(9-1)19(13)17;1-2-4-6-5-3-1;;;;/h9-16,29H,6-8H2,1-5H3;3,5-14,19,23H,4H2,1-2H3,(H,25,26);2-11,22H,23H2,1H3;1-10,21H,22H2,(H,23,24);1-12H;1-6H;4*1H/p-1/b;15-3+;;;;;;;;. The van der Waals surface area contributed by atoms with Gasteiger partial charge in [0, 0.05) is 126 Å². The predicted molar refractivity (Wildman–Crippen MR) is 547 cm³/mol. The first-order valence-corrected chi connectivity index (χ1v) is 45.7. The summed E-state index contributed by atoms with van der Waals surface area (Å²) < 4.78 is 35.1. The number of hydrogen-bond acceptors (Lipinski definition) is 13. The molecule has 4 aliphatic carbocycles. The Morgan fingerprint density at radius 3 is 1.40 bits per heavy atom. The Bertz CT molecular complexity index is 8080. The summed E-state index contributed by atoms with van der Waals surface area (Å²) in [7, 11) is 1.37. The molecule has 0 saturated carbocycles. The maximum atomic E-state index is 12.9. The number of esters is 2. The number of ether oxygens (including phenoxy) is 3. The molecule has 22 heteroatoms. The van der Waals surface area contributed by atoms with Gasteiger partial charge in [-0.05, 0) is 215 Å². The molecule has 2 unspecified atom stereocenters. The largest absolute Gasteiger partial charge is 1.00 e. The first kappa shape index (κ1) is 102. The number of carbonyl (C=O) groups is 4. The predicted octanol–water partition coefficient (Wildman–Crippen LogP) is 9.74. The molecule has 4 aliphatic heterocycles. The average molecular weight is 1950 g/mol. The smallest absolute Gasteiger partial charge is 0.338 e. The number of hydrogen-bond donors (Lipinski definition) is 8. The fraction of sp³-hybridized carbons (Fsp3) is 0.118. The van der Waals surface area contributed by atoms with Crippen molar-refractivity contribution in [3.05, 3.63) is 423 Å². The molecule has 0 spiro atoms. The van der Waals surface area contributed by atoms with Gasteiger partial charge in [0.1, 0.15) is 52.1 Å². The van der Waals surface area contributed by atoms with Gasteiger partial charge in [-0.2, -0.15) is 0 Å². The van der Waals surface area contributed by atoms with Crippen LogP contribution in [0.25, 0.3) is 143 Å². The van der Waals surface area contributed by atoms with Gasteiger partial charge in [0.2, 0.25) is 5.36 Å². The molecular weight excluding hydrogens is 1850 g/mol. The van der Waals surface area contributed by atoms with Gasteiger partial charge in [0.15, 0.2) is 10.7 Å². The van der Waals surface area contributed by atoms with Crippen molar-refractivity contribution in [1.82, 2.24) is 0 Å². The van der Waals surface area contributed by atoms with Crippen molar-refractivity contribution in [3.63, 3.8) is 0 Å². The Morgan fingerprint density at radius 2 is 0.915 bits per heavy atom. The number of carboxylic acids is 2. The molecule has 8 aliphatic rings. The zero-order valence-electron chi connectivity index (χ0n) is 78.7. The summed E-state index contributed by atoms with van der Waals surface area (Å²) in [5.74, 6) is 0.957. The summed E-state index contributed by atoms with van der Waals surface area (Å²) in [6, 6.07) is 104. The van der Waals surface area contributed by atoms with E-state index in [1.807, 2.05) is 153 Å². The van der Waals surface area contributed by atoms with E-state index in [9.17, 15) is 29.4 Å². The van der Waals surface area contributed by atoms with Gasteiger partial charge in [0.05, 0.1) is 54.2 Å². The number of fused-ring (bicyclic) bond motifs is 10. The number of carbonyl (C=O) groups excluding carboxylic acids is 2. The molecule has 12 N–H and O–H groups in total. The number of allylic oxidation sites excluding steroid dienone is 5. The maximum Gasteiger partial charge on any atom is 0.338 e. The number of anilines is 3. The summed E-state index contributed by atoms with van der Waals surface area (Å²) in [5, 5.41) is 50.3. The monoisotopic (exact) mass is 1950 g/mol. The molecule has 710 valence electrons. The van der Waals surface area contributed by atoms with Gasteiger partial charge in [-0.1, -0.05) is 219 Å². The molecule has 4 heterocycles. The first-order valence-electron chi connectivity index (χ1n) is 45.7. The third-order valence-electron chi connectivity index (χ3n) is 24.9. The van der Waals surface area contributed by atoms with Crippen molar-refractivity contribution < 1.29 is 122 Å². The van der Waals surface area contributed by atoms with Crippen molar-refractivity contribution in [2.24, 2.45) is 5.92 Å². The van der Waals surface area contributed by atoms with Gasteiger partial charge in [0.25, 0.3) is 0 Å². The SMILES string of the molecule is C/C=C1\C=CC2C(=C1)Oc1cc(CC)ccc1C2c1ccccc1C(=O)O.CCNc1cc2oc3cc(=[NH+]CC)c(C)cc-3c(-c3ccccc3C(=O)OCC)c2cc1C.COC(=O)c1ccccc1-c1c2ccc(=[NH2+])cc-2oc2cc(N)ccc12.Nc1ccc2c(-c3ccccc3C(=O)O)c3ccc(=[NH2+])cc-3oc2c1.[Cl-].[Cl-].[Cl-].[Cl-].c1cc2cccc3c4cccc5cccc(c(c1)c23)c54.c1ccccc1. The molecule has 22 rings (SSSR count). The van der Waals surface area contributed by atoms with E-state index in [1.54, 1.807) is 72.8 Å². The zero-order valence-corrected chi connectivity index (χ0v) is 81.7. The number of rotatable bonds is 13. The van der Waals surface area contributed by atoms with E-state index in [0.29, 0.717) is 73.6 Å². The normalized spacial score (nSPS) is 13.0. The minimum Gasteiger partial charge on any atom is -1.00 e. The summed E-state index contributed by atoms with van der Waals surface area (Å²) in [5.41, 5.74) is 31.5. The highest BCUT2D eigenvalue weighted by Crippen LogP contribution is 2.51. The number of methoxy groups -OCH3 is 1. The highest BCUT2D eigenvalue weighted by Gasteiger charge is 2.38. The van der Waals surface area contributed by atoms with Crippen LogP contribution >= 0.6 is 0 Å². The fourth-order valence-electron chi connectivity index (χ4n) is 18.6. The summed E-state index contributed by atoms with van der Waals surface area (Å²) in [6.45, 7) is 16.2. The number of aromatic carboxylic acids is 2. The quantitative estimate of drug-likeness (QED) is 0.0231. The molecule has 2 atom stereocenters. The summed E-state index contributed by atoms with van der Waals surface area (Å²) >= 11 is 0. The third kappa shape index (κ3) is 21.2. The van der Waals surface area contributed by atoms with Crippen LogP contribution < -0.4 is 103 Å². The highest BCUT2D eigenvalue weighted by molar-refractivity contribution is 6.33. The van der Waals surface area contributed by atoms with E-state index in [2.05, 4.69) is 178 Å². The average Bonchev–Trinajstić information content (AvgIpc) is 0.723. The second-order valence-electron chi connectivity index (χ2n) is 33.5. The van der Waals surface area contributed by atoms with Gasteiger partial charge in [-0.3, -0.25) is 10.8 Å².